The van der Waals surface area contributed by atoms with Crippen LogP contribution in [0.3, 0.4) is 0 Å². The van der Waals surface area contributed by atoms with Crippen LogP contribution in [0.25, 0.3) is 16.8 Å². The van der Waals surface area contributed by atoms with Crippen molar-refractivity contribution in [3.8, 4) is 0 Å². The Hall–Kier alpha value is -2.83. The van der Waals surface area contributed by atoms with Gasteiger partial charge in [-0.15, -0.1) is 0 Å². The Bertz CT molecular complexity index is 926. The van der Waals surface area contributed by atoms with E-state index in [1.54, 1.807) is 12.5 Å². The van der Waals surface area contributed by atoms with Crippen molar-refractivity contribution in [1.82, 2.24) is 0 Å². The molecule has 5 rings (SSSR count). The van der Waals surface area contributed by atoms with Crippen LogP contribution in [0, 0.1) is 5.92 Å². The summed E-state index contributed by atoms with van der Waals surface area (Å²) in [6.07, 6.45) is 10.7. The molecule has 0 spiro atoms. The molecule has 1 aromatic heterocycles. The third kappa shape index (κ3) is 3.09. The van der Waals surface area contributed by atoms with Gasteiger partial charge in [-0.05, 0) is 65.1 Å². The summed E-state index contributed by atoms with van der Waals surface area (Å²) < 4.78 is 4.58. The highest BCUT2D eigenvalue weighted by atomic mass is 16.3. The van der Waals surface area contributed by atoms with Crippen LogP contribution >= 0.6 is 0 Å². The molecule has 0 N–H and O–H groups in total. The topological polar surface area (TPSA) is 30.2 Å². The Morgan fingerprint density at radius 3 is 2.60 bits per heavy atom. The number of benzene rings is 2. The van der Waals surface area contributed by atoms with Crippen LogP contribution in [0.5, 0.6) is 0 Å². The van der Waals surface area contributed by atoms with Gasteiger partial charge in [0.1, 0.15) is 5.94 Å². The summed E-state index contributed by atoms with van der Waals surface area (Å²) in [7, 11) is 0. The van der Waals surface area contributed by atoms with Crippen molar-refractivity contribution >= 4 is 22.8 Å². The number of hydrogen-bond acceptors (Lipinski definition) is 2. The minimum absolute atomic E-state index is 0.480. The minimum atomic E-state index is 0.480. The van der Waals surface area contributed by atoms with Crippen LogP contribution in [-0.4, -0.2) is 5.94 Å². The van der Waals surface area contributed by atoms with Crippen molar-refractivity contribution in [1.29, 1.82) is 0 Å². The Balaban J connectivity index is 0.000000272. The first-order valence-corrected chi connectivity index (χ1v) is 8.76. The monoisotopic (exact) mass is 328 g/mol. The molecule has 2 heteroatoms. The van der Waals surface area contributed by atoms with E-state index in [2.05, 4.69) is 58.9 Å². The van der Waals surface area contributed by atoms with Gasteiger partial charge in [0.05, 0.1) is 12.5 Å². The van der Waals surface area contributed by atoms with Crippen molar-refractivity contribution in [2.45, 2.75) is 25.2 Å². The molecule has 2 aromatic carbocycles. The predicted octanol–water partition coefficient (Wildman–Crippen LogP) is 5.79. The largest absolute Gasteiger partial charge is 0.473 e. The highest BCUT2D eigenvalue weighted by Gasteiger charge is 2.31. The zero-order valence-corrected chi connectivity index (χ0v) is 14.0. The van der Waals surface area contributed by atoms with E-state index < -0.39 is 0 Å². The second-order valence-electron chi connectivity index (χ2n) is 6.66. The van der Waals surface area contributed by atoms with E-state index in [1.807, 2.05) is 12.1 Å². The number of rotatable bonds is 0. The standard InChI is InChI=1S/C19H16O.C4H4O/c20-12-13-5-8-17-15(11-13)7-10-18-16-4-2-1-3-14(16)6-9-19(17)18;1-2-4-5-3-1/h1-4,6-7,9-10,15,17H,5,8,11H2;1-4H. The molecule has 2 aliphatic carbocycles. The predicted molar refractivity (Wildman–Crippen MR) is 101 cm³/mol. The molecule has 0 radical (unpaired) electrons. The summed E-state index contributed by atoms with van der Waals surface area (Å²) in [6, 6.07) is 16.8. The van der Waals surface area contributed by atoms with Crippen LogP contribution in [0.2, 0.25) is 0 Å². The average Bonchev–Trinajstić information content (AvgIpc) is 3.27. The van der Waals surface area contributed by atoms with Gasteiger partial charge in [0, 0.05) is 5.57 Å². The normalized spacial score (nSPS) is 20.9. The average molecular weight is 328 g/mol. The molecule has 2 atom stereocenters. The highest BCUT2D eigenvalue weighted by molar-refractivity contribution is 5.92. The lowest BCUT2D eigenvalue weighted by Gasteiger charge is -2.34. The maximum absolute atomic E-state index is 10.9. The Kier molecular flexibility index (Phi) is 4.37. The lowest BCUT2D eigenvalue weighted by Crippen LogP contribution is -2.21. The maximum atomic E-state index is 10.9. The fourth-order valence-electron chi connectivity index (χ4n) is 4.02. The fourth-order valence-corrected chi connectivity index (χ4v) is 4.02. The minimum Gasteiger partial charge on any atom is -0.473 e. The third-order valence-corrected chi connectivity index (χ3v) is 5.24. The molecule has 0 saturated heterocycles. The molecule has 2 nitrogen and oxygen atoms in total. The van der Waals surface area contributed by atoms with Gasteiger partial charge in [0.2, 0.25) is 0 Å². The van der Waals surface area contributed by atoms with Gasteiger partial charge in [-0.2, -0.15) is 0 Å². The van der Waals surface area contributed by atoms with Gasteiger partial charge in [-0.1, -0.05) is 48.6 Å². The SMILES string of the molecule is O=C=C1CCC2c3ccc4ccccc4c3C=CC2C1.c1ccoc1. The molecule has 0 amide bonds. The van der Waals surface area contributed by atoms with E-state index >= 15 is 0 Å². The quantitative estimate of drug-likeness (QED) is 0.489. The Morgan fingerprint density at radius 2 is 1.84 bits per heavy atom. The van der Waals surface area contributed by atoms with Gasteiger partial charge in [0.15, 0.2) is 0 Å². The molecule has 0 aliphatic heterocycles. The van der Waals surface area contributed by atoms with E-state index in [-0.39, 0.29) is 0 Å². The van der Waals surface area contributed by atoms with Gasteiger partial charge < -0.3 is 4.42 Å². The van der Waals surface area contributed by atoms with Crippen LogP contribution < -0.4 is 0 Å². The summed E-state index contributed by atoms with van der Waals surface area (Å²) in [5.41, 5.74) is 3.80. The lowest BCUT2D eigenvalue weighted by molar-refractivity contribution is 0.420. The van der Waals surface area contributed by atoms with E-state index in [4.69, 9.17) is 0 Å². The van der Waals surface area contributed by atoms with Crippen molar-refractivity contribution in [2.75, 3.05) is 0 Å². The lowest BCUT2D eigenvalue weighted by atomic mass is 9.69. The first kappa shape index (κ1) is 15.7. The van der Waals surface area contributed by atoms with Crippen molar-refractivity contribution in [3.63, 3.8) is 0 Å². The van der Waals surface area contributed by atoms with Crippen LogP contribution in [-0.2, 0) is 4.79 Å². The van der Waals surface area contributed by atoms with E-state index in [0.717, 1.165) is 24.8 Å². The Labute approximate surface area is 147 Å². The maximum Gasteiger partial charge on any atom is 0.123 e. The second-order valence-corrected chi connectivity index (χ2v) is 6.66. The molecular formula is C23H20O2. The van der Waals surface area contributed by atoms with Crippen LogP contribution in [0.1, 0.15) is 36.3 Å². The fraction of sp³-hybridized carbons (Fsp3) is 0.217. The number of hydrogen-bond donors (Lipinski definition) is 0. The summed E-state index contributed by atoms with van der Waals surface area (Å²) in [5.74, 6) is 3.17. The summed E-state index contributed by atoms with van der Waals surface area (Å²) in [5, 5.41) is 2.65. The van der Waals surface area contributed by atoms with Crippen molar-refractivity contribution in [2.24, 2.45) is 5.92 Å². The van der Waals surface area contributed by atoms with E-state index in [0.29, 0.717) is 11.8 Å². The molecule has 124 valence electrons. The molecule has 0 bridgehead atoms. The van der Waals surface area contributed by atoms with Gasteiger partial charge in [0.25, 0.3) is 0 Å². The molecule has 3 aromatic rings. The summed E-state index contributed by atoms with van der Waals surface area (Å²) in [6.45, 7) is 0. The van der Waals surface area contributed by atoms with Gasteiger partial charge in [-0.25, -0.2) is 4.79 Å². The molecule has 1 saturated carbocycles. The number of carbonyl (C=O) groups excluding carboxylic acids is 1. The van der Waals surface area contributed by atoms with E-state index in [1.165, 1.54) is 21.9 Å². The number of allylic oxidation sites excluding steroid dienone is 2. The molecule has 1 fully saturated rings. The van der Waals surface area contributed by atoms with Crippen LogP contribution in [0.4, 0.5) is 0 Å². The second kappa shape index (κ2) is 6.96. The Morgan fingerprint density at radius 1 is 1.00 bits per heavy atom. The van der Waals surface area contributed by atoms with Crippen LogP contribution in [0.15, 0.2) is 77.1 Å². The zero-order valence-electron chi connectivity index (χ0n) is 14.0. The highest BCUT2D eigenvalue weighted by Crippen LogP contribution is 2.46. The molecule has 2 unspecified atom stereocenters. The van der Waals surface area contributed by atoms with Crippen molar-refractivity contribution < 1.29 is 9.21 Å². The molecule has 25 heavy (non-hydrogen) atoms. The first-order valence-electron chi connectivity index (χ1n) is 8.76. The van der Waals surface area contributed by atoms with Gasteiger partial charge in [-0.3, -0.25) is 0 Å². The van der Waals surface area contributed by atoms with E-state index in [9.17, 15) is 4.79 Å². The first-order chi connectivity index (χ1) is 12.4. The van der Waals surface area contributed by atoms with Gasteiger partial charge >= 0.3 is 0 Å². The molecule has 2 aliphatic rings. The third-order valence-electron chi connectivity index (χ3n) is 5.24. The molecular weight excluding hydrogens is 308 g/mol. The number of fused-ring (bicyclic) bond motifs is 5. The number of furan rings is 1. The zero-order chi connectivity index (χ0) is 17.1. The summed E-state index contributed by atoms with van der Waals surface area (Å²) >= 11 is 0. The molecule has 1 heterocycles. The van der Waals surface area contributed by atoms with Crippen molar-refractivity contribution in [3.05, 3.63) is 83.8 Å². The summed E-state index contributed by atoms with van der Waals surface area (Å²) in [4.78, 5) is 10.9. The smallest absolute Gasteiger partial charge is 0.123 e.